The fraction of sp³-hybridized carbons (Fsp3) is 0.192. The molecule has 35 heavy (non-hydrogen) atoms. The van der Waals surface area contributed by atoms with E-state index in [2.05, 4.69) is 5.10 Å². The van der Waals surface area contributed by atoms with Crippen LogP contribution in [-0.2, 0) is 0 Å². The van der Waals surface area contributed by atoms with Gasteiger partial charge in [-0.1, -0.05) is 23.3 Å². The summed E-state index contributed by atoms with van der Waals surface area (Å²) in [6, 6.07) is 19.7. The third-order valence-corrected chi connectivity index (χ3v) is 6.63. The summed E-state index contributed by atoms with van der Waals surface area (Å²) in [5.41, 5.74) is 7.87. The molecule has 1 aliphatic rings. The number of hydrogen-bond donors (Lipinski definition) is 1. The average Bonchev–Trinajstić information content (AvgIpc) is 2.84. The van der Waals surface area contributed by atoms with E-state index in [1.54, 1.807) is 29.2 Å². The monoisotopic (exact) mass is 496 g/mol. The molecule has 0 saturated carbocycles. The summed E-state index contributed by atoms with van der Waals surface area (Å²) < 4.78 is 27.6. The molecular weight excluding hydrogens is 472 g/mol. The number of nitrogens with zero attached hydrogens (tertiary/aromatic N) is 4. The molecule has 2 heterocycles. The normalized spacial score (nSPS) is 19.9. The number of rotatable bonds is 3. The lowest BCUT2D eigenvalue weighted by Crippen LogP contribution is -2.63. The van der Waals surface area contributed by atoms with Gasteiger partial charge in [-0.3, -0.25) is 0 Å². The van der Waals surface area contributed by atoms with E-state index in [0.717, 1.165) is 22.0 Å². The summed E-state index contributed by atoms with van der Waals surface area (Å²) in [5, 5.41) is 11.1. The van der Waals surface area contributed by atoms with Crippen molar-refractivity contribution in [3.05, 3.63) is 84.4 Å². The summed E-state index contributed by atoms with van der Waals surface area (Å²) >= 11 is 0. The van der Waals surface area contributed by atoms with Crippen molar-refractivity contribution < 1.29 is 13.6 Å². The Morgan fingerprint density at radius 2 is 1.54 bits per heavy atom. The second-order valence-corrected chi connectivity index (χ2v) is 8.66. The number of benzene rings is 3. The number of carbonyl (C=O) groups excluding carboxylic acids is 1. The largest absolute Gasteiger partial charge is 0.351 e. The molecule has 1 aliphatic heterocycles. The SMILES string of the molecule is CC1C[N+](c2ccc(F)cc2)(c2nnc(-c3ccc(F)cc3)c3ccccc23)CCN1C(N)=O.Cl. The predicted octanol–water partition coefficient (Wildman–Crippen LogP) is 5.42. The lowest BCUT2D eigenvalue weighted by atomic mass is 10.0. The van der Waals surface area contributed by atoms with Crippen molar-refractivity contribution in [3.8, 4) is 11.3 Å². The van der Waals surface area contributed by atoms with Gasteiger partial charge in [-0.15, -0.1) is 17.5 Å². The third-order valence-electron chi connectivity index (χ3n) is 6.63. The summed E-state index contributed by atoms with van der Waals surface area (Å²) in [6.45, 7) is 3.38. The third kappa shape index (κ3) is 4.31. The second kappa shape index (κ2) is 9.56. The summed E-state index contributed by atoms with van der Waals surface area (Å²) in [4.78, 5) is 13.6. The molecule has 2 atom stereocenters. The number of urea groups is 1. The van der Waals surface area contributed by atoms with Crippen LogP contribution in [0, 0.1) is 11.6 Å². The highest BCUT2D eigenvalue weighted by Crippen LogP contribution is 2.41. The van der Waals surface area contributed by atoms with E-state index in [4.69, 9.17) is 10.8 Å². The van der Waals surface area contributed by atoms with Gasteiger partial charge in [0.2, 0.25) is 0 Å². The Morgan fingerprint density at radius 3 is 2.14 bits per heavy atom. The van der Waals surface area contributed by atoms with Crippen molar-refractivity contribution in [1.29, 1.82) is 0 Å². The Balaban J connectivity index is 0.00000289. The molecule has 9 heteroatoms. The highest BCUT2D eigenvalue weighted by atomic mass is 35.5. The van der Waals surface area contributed by atoms with Crippen LogP contribution in [0.4, 0.5) is 25.1 Å². The number of amides is 2. The average molecular weight is 497 g/mol. The number of halogens is 3. The van der Waals surface area contributed by atoms with Crippen molar-refractivity contribution >= 4 is 40.7 Å². The van der Waals surface area contributed by atoms with Crippen LogP contribution in [0.3, 0.4) is 0 Å². The number of quaternary nitrogens is 1. The predicted molar refractivity (Wildman–Crippen MR) is 136 cm³/mol. The van der Waals surface area contributed by atoms with Gasteiger partial charge in [-0.2, -0.15) is 0 Å². The van der Waals surface area contributed by atoms with Gasteiger partial charge in [0.15, 0.2) is 0 Å². The number of fused-ring (bicyclic) bond motifs is 1. The first-order chi connectivity index (χ1) is 16.4. The van der Waals surface area contributed by atoms with Crippen LogP contribution in [0.2, 0.25) is 0 Å². The van der Waals surface area contributed by atoms with Crippen LogP contribution in [0.5, 0.6) is 0 Å². The van der Waals surface area contributed by atoms with Gasteiger partial charge in [0.25, 0.3) is 5.82 Å². The van der Waals surface area contributed by atoms with Gasteiger partial charge < -0.3 is 10.6 Å². The Bertz CT molecular complexity index is 1370. The summed E-state index contributed by atoms with van der Waals surface area (Å²) in [5.74, 6) is 0.0668. The molecule has 0 bridgehead atoms. The van der Waals surface area contributed by atoms with E-state index >= 15 is 0 Å². The molecule has 5 rings (SSSR count). The first kappa shape index (κ1) is 24.5. The second-order valence-electron chi connectivity index (χ2n) is 8.66. The zero-order valence-electron chi connectivity index (χ0n) is 19.1. The molecule has 1 fully saturated rings. The fourth-order valence-corrected chi connectivity index (χ4v) is 4.97. The number of hydrogen-bond acceptors (Lipinski definition) is 3. The minimum absolute atomic E-state index is 0. The minimum Gasteiger partial charge on any atom is -0.351 e. The molecule has 2 amide bonds. The van der Waals surface area contributed by atoms with E-state index in [1.807, 2.05) is 31.2 Å². The van der Waals surface area contributed by atoms with Gasteiger partial charge in [0.05, 0.1) is 18.0 Å². The van der Waals surface area contributed by atoms with Crippen LogP contribution in [0.15, 0.2) is 72.8 Å². The van der Waals surface area contributed by atoms with Gasteiger partial charge in [-0.25, -0.2) is 18.1 Å². The first-order valence-corrected chi connectivity index (χ1v) is 11.1. The Hall–Kier alpha value is -3.62. The lowest BCUT2D eigenvalue weighted by molar-refractivity contribution is 0.135. The van der Waals surface area contributed by atoms with E-state index in [9.17, 15) is 13.6 Å². The highest BCUT2D eigenvalue weighted by molar-refractivity contribution is 6.00. The van der Waals surface area contributed by atoms with Crippen molar-refractivity contribution in [2.45, 2.75) is 13.0 Å². The molecule has 1 aromatic heterocycles. The molecule has 3 aromatic carbocycles. The van der Waals surface area contributed by atoms with E-state index < -0.39 is 6.03 Å². The maximum absolute atomic E-state index is 13.8. The minimum atomic E-state index is -0.466. The zero-order chi connectivity index (χ0) is 23.9. The quantitative estimate of drug-likeness (QED) is 0.385. The Kier molecular flexibility index (Phi) is 6.69. The lowest BCUT2D eigenvalue weighted by Gasteiger charge is -2.45. The number of carbonyl (C=O) groups is 1. The molecule has 0 spiro atoms. The molecule has 4 aromatic rings. The van der Waals surface area contributed by atoms with Gasteiger partial charge in [0, 0.05) is 23.1 Å². The number of aromatic nitrogens is 2. The fourth-order valence-electron chi connectivity index (χ4n) is 4.97. The molecule has 6 nitrogen and oxygen atoms in total. The molecule has 180 valence electrons. The van der Waals surface area contributed by atoms with Crippen LogP contribution in [-0.4, -0.2) is 46.8 Å². The summed E-state index contributed by atoms with van der Waals surface area (Å²) in [7, 11) is 0. The van der Waals surface area contributed by atoms with Gasteiger partial charge in [0.1, 0.15) is 36.1 Å². The number of nitrogens with two attached hydrogens (primary N) is 1. The number of primary amides is 1. The molecule has 1 saturated heterocycles. The van der Waals surface area contributed by atoms with E-state index in [-0.39, 0.29) is 30.1 Å². The molecule has 0 aliphatic carbocycles. The smallest absolute Gasteiger partial charge is 0.315 e. The zero-order valence-corrected chi connectivity index (χ0v) is 19.9. The summed E-state index contributed by atoms with van der Waals surface area (Å²) in [6.07, 6.45) is 0. The molecule has 2 N–H and O–H groups in total. The number of piperazine rings is 1. The van der Waals surface area contributed by atoms with Crippen molar-refractivity contribution in [1.82, 2.24) is 19.6 Å². The molecule has 0 radical (unpaired) electrons. The highest BCUT2D eigenvalue weighted by Gasteiger charge is 2.44. The van der Waals surface area contributed by atoms with Crippen molar-refractivity contribution in [3.63, 3.8) is 0 Å². The van der Waals surface area contributed by atoms with E-state index in [0.29, 0.717) is 35.6 Å². The van der Waals surface area contributed by atoms with Crippen LogP contribution in [0.25, 0.3) is 22.0 Å². The van der Waals surface area contributed by atoms with E-state index in [1.165, 1.54) is 24.3 Å². The molecule has 2 unspecified atom stereocenters. The maximum Gasteiger partial charge on any atom is 0.315 e. The Morgan fingerprint density at radius 1 is 0.943 bits per heavy atom. The standard InChI is InChI=1S/C26H23F2N5O.ClH/c1-17-16-33(15-14-32(17)26(29)34,21-12-10-20(28)11-13-21)25-23-5-3-2-4-22(23)24(30-31-25)18-6-8-19(27)9-7-18;/h2-13,17H,14-16H2,1H3,(H-,29,34);1H/p+1. The topological polar surface area (TPSA) is 72.1 Å². The van der Waals surface area contributed by atoms with Crippen molar-refractivity contribution in [2.24, 2.45) is 5.73 Å². The van der Waals surface area contributed by atoms with Gasteiger partial charge >= 0.3 is 6.03 Å². The van der Waals surface area contributed by atoms with Crippen molar-refractivity contribution in [2.75, 3.05) is 19.6 Å². The van der Waals surface area contributed by atoms with Crippen LogP contribution in [0.1, 0.15) is 6.92 Å². The molecular formula is C26H25ClF2N5O+. The van der Waals surface area contributed by atoms with Crippen LogP contribution < -0.4 is 10.2 Å². The Labute approximate surface area is 208 Å². The van der Waals surface area contributed by atoms with Crippen LogP contribution >= 0.6 is 12.4 Å². The maximum atomic E-state index is 13.8. The first-order valence-electron chi connectivity index (χ1n) is 11.1. The van der Waals surface area contributed by atoms with Gasteiger partial charge in [-0.05, 0) is 49.4 Å².